The molecule has 1 aromatic heterocycles. The maximum Gasteiger partial charge on any atom is 0.266 e. The number of hydrogen-bond donors (Lipinski definition) is 1. The number of nitrogens with zero attached hydrogens (tertiary/aromatic N) is 3. The van der Waals surface area contributed by atoms with Crippen LogP contribution >= 0.6 is 0 Å². The number of aliphatic hydroxyl groups excluding tert-OH is 1. The van der Waals surface area contributed by atoms with Crippen LogP contribution in [0.15, 0.2) is 59.4 Å². The molecular formula is C22H19N3O4. The van der Waals surface area contributed by atoms with Crippen LogP contribution in [0, 0.1) is 11.3 Å². The van der Waals surface area contributed by atoms with E-state index in [0.717, 1.165) is 12.0 Å². The van der Waals surface area contributed by atoms with Gasteiger partial charge >= 0.3 is 0 Å². The highest BCUT2D eigenvalue weighted by molar-refractivity contribution is 5.63. The molecule has 1 aliphatic heterocycles. The van der Waals surface area contributed by atoms with E-state index in [2.05, 4.69) is 5.10 Å². The van der Waals surface area contributed by atoms with Crippen molar-refractivity contribution in [2.75, 3.05) is 13.2 Å². The van der Waals surface area contributed by atoms with E-state index in [9.17, 15) is 9.90 Å². The van der Waals surface area contributed by atoms with Gasteiger partial charge in [0.25, 0.3) is 5.56 Å². The molecule has 2 heterocycles. The van der Waals surface area contributed by atoms with Crippen LogP contribution in [-0.2, 0) is 6.54 Å². The Kier molecular flexibility index (Phi) is 5.27. The summed E-state index contributed by atoms with van der Waals surface area (Å²) >= 11 is 0. The Bertz CT molecular complexity index is 1120. The van der Waals surface area contributed by atoms with Crippen molar-refractivity contribution in [2.45, 2.75) is 19.1 Å². The summed E-state index contributed by atoms with van der Waals surface area (Å²) in [4.78, 5) is 12.2. The molecule has 146 valence electrons. The van der Waals surface area contributed by atoms with Crippen molar-refractivity contribution in [3.05, 3.63) is 76.1 Å². The largest absolute Gasteiger partial charge is 0.490 e. The Morgan fingerprint density at radius 3 is 2.59 bits per heavy atom. The molecule has 4 rings (SSSR count). The van der Waals surface area contributed by atoms with Gasteiger partial charge in [0, 0.05) is 18.1 Å². The lowest BCUT2D eigenvalue weighted by Gasteiger charge is -2.14. The summed E-state index contributed by atoms with van der Waals surface area (Å²) in [5.74, 6) is 1.34. The van der Waals surface area contributed by atoms with E-state index in [-0.39, 0.29) is 12.1 Å². The number of nitriles is 1. The first-order chi connectivity index (χ1) is 14.1. The number of rotatable bonds is 4. The van der Waals surface area contributed by atoms with Crippen molar-refractivity contribution in [2.24, 2.45) is 0 Å². The van der Waals surface area contributed by atoms with Gasteiger partial charge in [0.2, 0.25) is 0 Å². The minimum atomic E-state index is -0.924. The third-order valence-corrected chi connectivity index (χ3v) is 4.68. The Morgan fingerprint density at radius 1 is 1.07 bits per heavy atom. The molecule has 0 amide bonds. The van der Waals surface area contributed by atoms with Crippen molar-refractivity contribution in [1.29, 1.82) is 5.26 Å². The molecule has 0 saturated carbocycles. The monoisotopic (exact) mass is 389 g/mol. The highest BCUT2D eigenvalue weighted by Gasteiger charge is 2.14. The predicted octanol–water partition coefficient (Wildman–Crippen LogP) is 2.68. The minimum absolute atomic E-state index is 0.00310. The lowest BCUT2D eigenvalue weighted by atomic mass is 10.1. The SMILES string of the molecule is N#Cc1ccc(C(O)Cn2nc(-c3ccc4c(c3)OCCCO4)ccc2=O)cc1. The van der Waals surface area contributed by atoms with Gasteiger partial charge in [-0.25, -0.2) is 4.68 Å². The van der Waals surface area contributed by atoms with E-state index in [4.69, 9.17) is 14.7 Å². The van der Waals surface area contributed by atoms with Crippen molar-refractivity contribution in [3.8, 4) is 28.8 Å². The molecule has 1 unspecified atom stereocenters. The molecular weight excluding hydrogens is 370 g/mol. The lowest BCUT2D eigenvalue weighted by Crippen LogP contribution is -2.25. The fourth-order valence-corrected chi connectivity index (χ4v) is 3.11. The molecule has 2 aromatic carbocycles. The lowest BCUT2D eigenvalue weighted by molar-refractivity contribution is 0.149. The van der Waals surface area contributed by atoms with Crippen LogP contribution in [0.25, 0.3) is 11.3 Å². The van der Waals surface area contributed by atoms with E-state index in [1.54, 1.807) is 30.3 Å². The molecule has 1 N–H and O–H groups in total. The summed E-state index contributed by atoms with van der Waals surface area (Å²) in [7, 11) is 0. The number of ether oxygens (including phenoxy) is 2. The first-order valence-electron chi connectivity index (χ1n) is 9.30. The summed E-state index contributed by atoms with van der Waals surface area (Å²) in [5, 5.41) is 23.8. The Balaban J connectivity index is 1.60. The van der Waals surface area contributed by atoms with Crippen molar-refractivity contribution in [3.63, 3.8) is 0 Å². The highest BCUT2D eigenvalue weighted by atomic mass is 16.5. The zero-order valence-corrected chi connectivity index (χ0v) is 15.6. The molecule has 0 saturated heterocycles. The molecule has 7 heteroatoms. The number of aromatic nitrogens is 2. The Labute approximate surface area is 167 Å². The van der Waals surface area contributed by atoms with Crippen LogP contribution in [-0.4, -0.2) is 28.1 Å². The third-order valence-electron chi connectivity index (χ3n) is 4.68. The Morgan fingerprint density at radius 2 is 1.83 bits per heavy atom. The van der Waals surface area contributed by atoms with Gasteiger partial charge in [0.05, 0.1) is 43.2 Å². The van der Waals surface area contributed by atoms with Crippen molar-refractivity contribution < 1.29 is 14.6 Å². The topological polar surface area (TPSA) is 97.4 Å². The van der Waals surface area contributed by atoms with Crippen molar-refractivity contribution in [1.82, 2.24) is 9.78 Å². The molecule has 3 aromatic rings. The molecule has 0 fully saturated rings. The summed E-state index contributed by atoms with van der Waals surface area (Å²) in [6, 6.07) is 17.2. The molecule has 7 nitrogen and oxygen atoms in total. The molecule has 0 bridgehead atoms. The summed E-state index contributed by atoms with van der Waals surface area (Å²) in [6.07, 6.45) is -0.104. The van der Waals surface area contributed by atoms with E-state index < -0.39 is 6.10 Å². The summed E-state index contributed by atoms with van der Waals surface area (Å²) in [6.45, 7) is 1.20. The van der Waals surface area contributed by atoms with Gasteiger partial charge in [-0.05, 0) is 42.0 Å². The molecule has 1 atom stereocenters. The average molecular weight is 389 g/mol. The number of fused-ring (bicyclic) bond motifs is 1. The molecule has 0 radical (unpaired) electrons. The third kappa shape index (κ3) is 4.13. The summed E-state index contributed by atoms with van der Waals surface area (Å²) < 4.78 is 12.6. The number of benzene rings is 2. The zero-order chi connectivity index (χ0) is 20.2. The van der Waals surface area contributed by atoms with E-state index in [1.807, 2.05) is 24.3 Å². The first-order valence-corrected chi connectivity index (χ1v) is 9.30. The second kappa shape index (κ2) is 8.17. The van der Waals surface area contributed by atoms with Gasteiger partial charge in [-0.2, -0.15) is 10.4 Å². The minimum Gasteiger partial charge on any atom is -0.490 e. The second-order valence-electron chi connectivity index (χ2n) is 6.70. The summed E-state index contributed by atoms with van der Waals surface area (Å²) in [5.41, 5.74) is 2.19. The second-order valence-corrected chi connectivity index (χ2v) is 6.70. The molecule has 1 aliphatic rings. The zero-order valence-electron chi connectivity index (χ0n) is 15.6. The standard InChI is InChI=1S/C22H19N3O4/c23-13-15-2-4-16(5-3-15)19(26)14-25-22(27)9-7-18(24-25)17-6-8-20-21(12-17)29-11-1-10-28-20/h2-9,12,19,26H,1,10-11,14H2. The molecule has 0 aliphatic carbocycles. The maximum absolute atomic E-state index is 12.2. The fourth-order valence-electron chi connectivity index (χ4n) is 3.11. The van der Waals surface area contributed by atoms with Gasteiger partial charge in [0.1, 0.15) is 0 Å². The molecule has 0 spiro atoms. The predicted molar refractivity (Wildman–Crippen MR) is 106 cm³/mol. The number of aliphatic hydroxyl groups is 1. The first kappa shape index (κ1) is 18.7. The van der Waals surface area contributed by atoms with E-state index in [1.165, 1.54) is 10.7 Å². The average Bonchev–Trinajstić information content (AvgIpc) is 3.00. The quantitative estimate of drug-likeness (QED) is 0.737. The van der Waals surface area contributed by atoms with Crippen molar-refractivity contribution >= 4 is 0 Å². The van der Waals surface area contributed by atoms with Gasteiger partial charge in [-0.3, -0.25) is 4.79 Å². The van der Waals surface area contributed by atoms with Crippen LogP contribution < -0.4 is 15.0 Å². The van der Waals surface area contributed by atoms with Gasteiger partial charge in [0.15, 0.2) is 11.5 Å². The smallest absolute Gasteiger partial charge is 0.266 e. The van der Waals surface area contributed by atoms with Crippen LogP contribution in [0.3, 0.4) is 0 Å². The molecule has 29 heavy (non-hydrogen) atoms. The van der Waals surface area contributed by atoms with Crippen LogP contribution in [0.5, 0.6) is 11.5 Å². The Hall–Kier alpha value is -3.63. The normalized spacial score (nSPS) is 13.9. The fraction of sp³-hybridized carbons (Fsp3) is 0.227. The van der Waals surface area contributed by atoms with Gasteiger partial charge in [-0.1, -0.05) is 12.1 Å². The van der Waals surface area contributed by atoms with Crippen LogP contribution in [0.1, 0.15) is 23.7 Å². The van der Waals surface area contributed by atoms with Gasteiger partial charge in [-0.15, -0.1) is 0 Å². The van der Waals surface area contributed by atoms with Crippen LogP contribution in [0.2, 0.25) is 0 Å². The van der Waals surface area contributed by atoms with Gasteiger partial charge < -0.3 is 14.6 Å². The number of hydrogen-bond acceptors (Lipinski definition) is 6. The van der Waals surface area contributed by atoms with Crippen LogP contribution in [0.4, 0.5) is 0 Å². The van der Waals surface area contributed by atoms with E-state index in [0.29, 0.717) is 41.5 Å². The highest BCUT2D eigenvalue weighted by Crippen LogP contribution is 2.33. The maximum atomic E-state index is 12.2. The van der Waals surface area contributed by atoms with E-state index >= 15 is 0 Å².